The fourth-order valence-corrected chi connectivity index (χ4v) is 4.14. The summed E-state index contributed by atoms with van der Waals surface area (Å²) in [5.74, 6) is 0.0282. The van der Waals surface area contributed by atoms with Gasteiger partial charge in [-0.25, -0.2) is 0 Å². The van der Waals surface area contributed by atoms with Crippen molar-refractivity contribution >= 4 is 35.0 Å². The first-order valence-corrected chi connectivity index (χ1v) is 12.2. The van der Waals surface area contributed by atoms with Crippen LogP contribution in [0.15, 0.2) is 66.9 Å². The molecular weight excluding hydrogens is 469 g/mol. The van der Waals surface area contributed by atoms with Crippen LogP contribution in [0.25, 0.3) is 0 Å². The molecule has 2 aromatic carbocycles. The summed E-state index contributed by atoms with van der Waals surface area (Å²) >= 11 is 12.3. The lowest BCUT2D eigenvalue weighted by Crippen LogP contribution is -2.44. The number of nitrogens with zero attached hydrogens (tertiary/aromatic N) is 3. The molecule has 5 nitrogen and oxygen atoms in total. The summed E-state index contributed by atoms with van der Waals surface area (Å²) in [6.07, 6.45) is 2.00. The first kappa shape index (κ1) is 25.9. The number of amides is 2. The standard InChI is InChI=1S/C27H31Cl2N3O2/c1-4-30(27(34)21-11-13-23(28)14-12-21)19-26(33)32(16-20(2)3)18-24-9-7-15-31(24)17-22-8-5-6-10-25(22)29/h5-15,20H,4,16-19H2,1-3H3. The molecule has 0 unspecified atom stereocenters. The van der Waals surface area contributed by atoms with Crippen molar-refractivity contribution in [2.75, 3.05) is 19.6 Å². The second-order valence-electron chi connectivity index (χ2n) is 8.71. The van der Waals surface area contributed by atoms with Gasteiger partial charge in [0.25, 0.3) is 5.91 Å². The van der Waals surface area contributed by atoms with Crippen LogP contribution in [-0.4, -0.2) is 45.8 Å². The first-order chi connectivity index (χ1) is 16.3. The summed E-state index contributed by atoms with van der Waals surface area (Å²) in [4.78, 5) is 29.7. The van der Waals surface area contributed by atoms with E-state index in [9.17, 15) is 9.59 Å². The molecule has 2 amide bonds. The fraction of sp³-hybridized carbons (Fsp3) is 0.333. The number of carbonyl (C=O) groups is 2. The maximum atomic E-state index is 13.4. The first-order valence-electron chi connectivity index (χ1n) is 11.5. The van der Waals surface area contributed by atoms with Gasteiger partial charge in [0, 0.05) is 47.1 Å². The molecule has 3 aromatic rings. The number of hydrogen-bond acceptors (Lipinski definition) is 2. The van der Waals surface area contributed by atoms with Gasteiger partial charge in [-0.2, -0.15) is 0 Å². The number of halogens is 2. The van der Waals surface area contributed by atoms with Gasteiger partial charge in [-0.05, 0) is 60.9 Å². The number of aromatic nitrogens is 1. The number of carbonyl (C=O) groups excluding carboxylic acids is 2. The van der Waals surface area contributed by atoms with Gasteiger partial charge in [0.2, 0.25) is 5.91 Å². The van der Waals surface area contributed by atoms with Crippen molar-refractivity contribution in [1.82, 2.24) is 14.4 Å². The van der Waals surface area contributed by atoms with Crippen molar-refractivity contribution in [2.45, 2.75) is 33.9 Å². The van der Waals surface area contributed by atoms with Gasteiger partial charge in [0.15, 0.2) is 0 Å². The third-order valence-electron chi connectivity index (χ3n) is 5.60. The number of benzene rings is 2. The summed E-state index contributed by atoms with van der Waals surface area (Å²) in [5, 5.41) is 1.29. The van der Waals surface area contributed by atoms with Crippen molar-refractivity contribution in [3.05, 3.63) is 93.7 Å². The van der Waals surface area contributed by atoms with Crippen molar-refractivity contribution in [3.63, 3.8) is 0 Å². The second kappa shape index (κ2) is 12.1. The zero-order valence-corrected chi connectivity index (χ0v) is 21.4. The normalized spacial score (nSPS) is 11.0. The van der Waals surface area contributed by atoms with E-state index < -0.39 is 0 Å². The molecule has 0 N–H and O–H groups in total. The molecule has 0 saturated carbocycles. The monoisotopic (exact) mass is 499 g/mol. The van der Waals surface area contributed by atoms with E-state index in [0.29, 0.717) is 36.8 Å². The molecule has 7 heteroatoms. The average Bonchev–Trinajstić information content (AvgIpc) is 3.24. The maximum Gasteiger partial charge on any atom is 0.254 e. The highest BCUT2D eigenvalue weighted by Gasteiger charge is 2.23. The van der Waals surface area contributed by atoms with Crippen molar-refractivity contribution in [3.8, 4) is 0 Å². The third kappa shape index (κ3) is 6.87. The van der Waals surface area contributed by atoms with E-state index in [1.807, 2.05) is 54.4 Å². The Labute approximate surface area is 211 Å². The molecule has 34 heavy (non-hydrogen) atoms. The van der Waals surface area contributed by atoms with E-state index in [4.69, 9.17) is 23.2 Å². The van der Waals surface area contributed by atoms with Crippen LogP contribution in [0.1, 0.15) is 42.4 Å². The average molecular weight is 500 g/mol. The SMILES string of the molecule is CCN(CC(=O)N(Cc1cccn1Cc1ccccc1Cl)CC(C)C)C(=O)c1ccc(Cl)cc1. The maximum absolute atomic E-state index is 13.4. The molecule has 3 rings (SSSR count). The van der Waals surface area contributed by atoms with Crippen LogP contribution >= 0.6 is 23.2 Å². The second-order valence-corrected chi connectivity index (χ2v) is 9.56. The minimum Gasteiger partial charge on any atom is -0.345 e. The molecule has 0 aliphatic rings. The Bertz CT molecular complexity index is 1110. The minimum absolute atomic E-state index is 0.0237. The van der Waals surface area contributed by atoms with Gasteiger partial charge in [0.1, 0.15) is 6.54 Å². The minimum atomic E-state index is -0.181. The predicted octanol–water partition coefficient (Wildman–Crippen LogP) is 5.99. The smallest absolute Gasteiger partial charge is 0.254 e. The van der Waals surface area contributed by atoms with Crippen molar-refractivity contribution in [2.24, 2.45) is 5.92 Å². The molecule has 0 aliphatic carbocycles. The van der Waals surface area contributed by atoms with Gasteiger partial charge in [-0.1, -0.05) is 55.2 Å². The molecule has 0 spiro atoms. The van der Waals surface area contributed by atoms with Crippen LogP contribution in [0, 0.1) is 5.92 Å². The molecule has 0 radical (unpaired) electrons. The molecule has 0 fully saturated rings. The molecule has 1 aromatic heterocycles. The Kier molecular flexibility index (Phi) is 9.20. The van der Waals surface area contributed by atoms with Gasteiger partial charge < -0.3 is 14.4 Å². The van der Waals surface area contributed by atoms with Crippen LogP contribution in [0.2, 0.25) is 10.0 Å². The van der Waals surface area contributed by atoms with Crippen molar-refractivity contribution in [1.29, 1.82) is 0 Å². The van der Waals surface area contributed by atoms with Crippen molar-refractivity contribution < 1.29 is 9.59 Å². The molecule has 0 atom stereocenters. The van der Waals surface area contributed by atoms with Crippen LogP contribution in [-0.2, 0) is 17.9 Å². The van der Waals surface area contributed by atoms with Gasteiger partial charge in [0.05, 0.1) is 6.54 Å². The highest BCUT2D eigenvalue weighted by atomic mass is 35.5. The summed E-state index contributed by atoms with van der Waals surface area (Å²) in [6, 6.07) is 18.5. The summed E-state index contributed by atoms with van der Waals surface area (Å²) in [5.41, 5.74) is 2.55. The topological polar surface area (TPSA) is 45.6 Å². The van der Waals surface area contributed by atoms with E-state index in [1.54, 1.807) is 29.2 Å². The molecule has 0 bridgehead atoms. The Balaban J connectivity index is 1.75. The van der Waals surface area contributed by atoms with Gasteiger partial charge in [-0.3, -0.25) is 9.59 Å². The highest BCUT2D eigenvalue weighted by molar-refractivity contribution is 6.31. The zero-order valence-electron chi connectivity index (χ0n) is 19.9. The highest BCUT2D eigenvalue weighted by Crippen LogP contribution is 2.19. The Morgan fingerprint density at radius 1 is 0.941 bits per heavy atom. The largest absolute Gasteiger partial charge is 0.345 e. The zero-order chi connectivity index (χ0) is 24.7. The Morgan fingerprint density at radius 3 is 2.29 bits per heavy atom. The fourth-order valence-electron chi connectivity index (χ4n) is 3.81. The van der Waals surface area contributed by atoms with E-state index in [0.717, 1.165) is 16.3 Å². The predicted molar refractivity (Wildman–Crippen MR) is 138 cm³/mol. The van der Waals surface area contributed by atoms with Crippen LogP contribution in [0.4, 0.5) is 0 Å². The lowest BCUT2D eigenvalue weighted by molar-refractivity contribution is -0.133. The van der Waals surface area contributed by atoms with E-state index in [2.05, 4.69) is 18.4 Å². The summed E-state index contributed by atoms with van der Waals surface area (Å²) in [7, 11) is 0. The quantitative estimate of drug-likeness (QED) is 0.343. The van der Waals surface area contributed by atoms with Gasteiger partial charge >= 0.3 is 0 Å². The Morgan fingerprint density at radius 2 is 1.65 bits per heavy atom. The molecule has 0 saturated heterocycles. The number of hydrogen-bond donors (Lipinski definition) is 0. The van der Waals surface area contributed by atoms with E-state index >= 15 is 0 Å². The summed E-state index contributed by atoms with van der Waals surface area (Å²) in [6.45, 7) is 8.19. The molecule has 0 aliphatic heterocycles. The number of rotatable bonds is 10. The third-order valence-corrected chi connectivity index (χ3v) is 6.22. The summed E-state index contributed by atoms with van der Waals surface area (Å²) < 4.78 is 2.11. The molecule has 180 valence electrons. The number of likely N-dealkylation sites (N-methyl/N-ethyl adjacent to an activating group) is 1. The van der Waals surface area contributed by atoms with Crippen LogP contribution < -0.4 is 0 Å². The molecule has 1 heterocycles. The molecular formula is C27H31Cl2N3O2. The lowest BCUT2D eigenvalue weighted by Gasteiger charge is -2.29. The van der Waals surface area contributed by atoms with Gasteiger partial charge in [-0.15, -0.1) is 0 Å². The van der Waals surface area contributed by atoms with E-state index in [-0.39, 0.29) is 24.3 Å². The van der Waals surface area contributed by atoms with Crippen LogP contribution in [0.5, 0.6) is 0 Å². The van der Waals surface area contributed by atoms with Crippen LogP contribution in [0.3, 0.4) is 0 Å². The van der Waals surface area contributed by atoms with E-state index in [1.165, 1.54) is 0 Å². The lowest BCUT2D eigenvalue weighted by atomic mass is 10.1. The Hall–Kier alpha value is -2.76.